The first kappa shape index (κ1) is 17.4. The molecule has 2 aliphatic rings. The summed E-state index contributed by atoms with van der Waals surface area (Å²) in [6, 6.07) is 0. The van der Waals surface area contributed by atoms with Crippen molar-refractivity contribution in [1.82, 2.24) is 14.3 Å². The number of hydrogen-bond acceptors (Lipinski definition) is 6. The molecule has 24 heavy (non-hydrogen) atoms. The Hall–Kier alpha value is -1.46. The fourth-order valence-electron chi connectivity index (χ4n) is 2.88. The van der Waals surface area contributed by atoms with Crippen molar-refractivity contribution in [2.75, 3.05) is 19.7 Å². The fraction of sp³-hybridized carbons (Fsp3) is 0.692. The summed E-state index contributed by atoms with van der Waals surface area (Å²) in [6.07, 6.45) is 3.56. The third-order valence-corrected chi connectivity index (χ3v) is 5.55. The van der Waals surface area contributed by atoms with Crippen molar-refractivity contribution in [3.05, 3.63) is 18.1 Å². The predicted molar refractivity (Wildman–Crippen MR) is 75.6 cm³/mol. The highest BCUT2D eigenvalue weighted by Crippen LogP contribution is 2.40. The molecule has 3 rings (SSSR count). The van der Waals surface area contributed by atoms with Gasteiger partial charge in [0.15, 0.2) is 0 Å². The van der Waals surface area contributed by atoms with Crippen LogP contribution in [0.2, 0.25) is 0 Å². The molecule has 1 spiro atoms. The molecule has 0 N–H and O–H groups in total. The summed E-state index contributed by atoms with van der Waals surface area (Å²) in [5, 5.41) is 0. The van der Waals surface area contributed by atoms with Gasteiger partial charge in [-0.25, -0.2) is 13.4 Å². The topological polar surface area (TPSA) is 81.6 Å². The number of aryl methyl sites for hydroxylation is 1. The van der Waals surface area contributed by atoms with Crippen molar-refractivity contribution in [1.29, 1.82) is 0 Å². The van der Waals surface area contributed by atoms with E-state index in [1.54, 1.807) is 13.1 Å². The molecule has 1 aromatic heterocycles. The van der Waals surface area contributed by atoms with E-state index in [0.29, 0.717) is 28.7 Å². The smallest absolute Gasteiger partial charge is 0.473 e. The molecule has 0 saturated carbocycles. The second-order valence-corrected chi connectivity index (χ2v) is 7.91. The summed E-state index contributed by atoms with van der Waals surface area (Å²) in [4.78, 5) is 8.13. The van der Waals surface area contributed by atoms with Crippen LogP contribution in [0.15, 0.2) is 12.4 Å². The number of nitrogens with zero attached hydrogens (tertiary/aromatic N) is 3. The van der Waals surface area contributed by atoms with E-state index in [0.717, 1.165) is 0 Å². The molecular formula is C13H16F3N3O4S. The Morgan fingerprint density at radius 2 is 2.08 bits per heavy atom. The number of hydrogen-bond donors (Lipinski definition) is 0. The van der Waals surface area contributed by atoms with Crippen molar-refractivity contribution in [2.45, 2.75) is 37.0 Å². The number of ether oxygens (including phenoxy) is 2. The van der Waals surface area contributed by atoms with Gasteiger partial charge in [-0.05, 0) is 6.92 Å². The molecule has 3 heterocycles. The molecule has 134 valence electrons. The molecule has 1 unspecified atom stereocenters. The van der Waals surface area contributed by atoms with Gasteiger partial charge < -0.3 is 9.47 Å². The second-order valence-electron chi connectivity index (χ2n) is 5.98. The van der Waals surface area contributed by atoms with Crippen LogP contribution in [-0.2, 0) is 14.8 Å². The van der Waals surface area contributed by atoms with Crippen molar-refractivity contribution >= 4 is 10.0 Å². The Labute approximate surface area is 136 Å². The molecule has 0 aromatic carbocycles. The molecule has 0 amide bonds. The lowest BCUT2D eigenvalue weighted by Gasteiger charge is -2.51. The maximum atomic E-state index is 12.6. The zero-order valence-electron chi connectivity index (χ0n) is 12.8. The normalized spacial score (nSPS) is 24.6. The van der Waals surface area contributed by atoms with Gasteiger partial charge in [0.05, 0.1) is 24.1 Å². The Bertz CT molecular complexity index is 719. The highest BCUT2D eigenvalue weighted by Gasteiger charge is 2.59. The average Bonchev–Trinajstić information content (AvgIpc) is 2.43. The standard InChI is InChI=1S/C13H16F3N3O4S/c1-9-5-17-6-11(18-9)23-10-2-3-22-12(4-10)7-19(8-12)24(20,21)13(14,15)16/h5-6,10H,2-4,7-8H2,1H3. The summed E-state index contributed by atoms with van der Waals surface area (Å²) in [5.41, 5.74) is -5.55. The first-order valence-electron chi connectivity index (χ1n) is 7.27. The Morgan fingerprint density at radius 1 is 1.38 bits per heavy atom. The molecule has 1 aromatic rings. The van der Waals surface area contributed by atoms with Crippen molar-refractivity contribution in [2.24, 2.45) is 0 Å². The third kappa shape index (κ3) is 3.20. The zero-order chi connectivity index (χ0) is 17.6. The molecule has 2 fully saturated rings. The van der Waals surface area contributed by atoms with Gasteiger partial charge in [0, 0.05) is 32.1 Å². The Balaban J connectivity index is 1.63. The van der Waals surface area contributed by atoms with Crippen LogP contribution in [-0.4, -0.2) is 59.6 Å². The van der Waals surface area contributed by atoms with Gasteiger partial charge in [0.1, 0.15) is 6.10 Å². The number of rotatable bonds is 3. The largest absolute Gasteiger partial charge is 0.511 e. The van der Waals surface area contributed by atoms with E-state index in [1.165, 1.54) is 6.20 Å². The number of sulfonamides is 1. The summed E-state index contributed by atoms with van der Waals surface area (Å²) in [6.45, 7) is 1.39. The summed E-state index contributed by atoms with van der Waals surface area (Å²) in [7, 11) is -5.31. The van der Waals surface area contributed by atoms with E-state index in [2.05, 4.69) is 9.97 Å². The van der Waals surface area contributed by atoms with E-state index in [4.69, 9.17) is 9.47 Å². The van der Waals surface area contributed by atoms with Gasteiger partial charge in [-0.15, -0.1) is 0 Å². The van der Waals surface area contributed by atoms with Gasteiger partial charge in [0.2, 0.25) is 5.88 Å². The summed E-state index contributed by atoms with van der Waals surface area (Å²) in [5.74, 6) is 0.330. The minimum atomic E-state index is -5.31. The second kappa shape index (κ2) is 5.81. The van der Waals surface area contributed by atoms with Crippen LogP contribution in [0.25, 0.3) is 0 Å². The van der Waals surface area contributed by atoms with Crippen LogP contribution < -0.4 is 4.74 Å². The molecule has 11 heteroatoms. The van der Waals surface area contributed by atoms with E-state index >= 15 is 0 Å². The third-order valence-electron chi connectivity index (χ3n) is 4.03. The maximum Gasteiger partial charge on any atom is 0.511 e. The number of alkyl halides is 3. The first-order chi connectivity index (χ1) is 11.1. The van der Waals surface area contributed by atoms with Gasteiger partial charge in [-0.2, -0.15) is 17.5 Å². The van der Waals surface area contributed by atoms with Gasteiger partial charge in [-0.3, -0.25) is 4.98 Å². The number of halogens is 3. The van der Waals surface area contributed by atoms with Crippen LogP contribution in [0, 0.1) is 6.92 Å². The van der Waals surface area contributed by atoms with Gasteiger partial charge >= 0.3 is 15.5 Å². The molecule has 0 bridgehead atoms. The van der Waals surface area contributed by atoms with Gasteiger partial charge in [-0.1, -0.05) is 0 Å². The maximum absolute atomic E-state index is 12.6. The van der Waals surface area contributed by atoms with Crippen molar-refractivity contribution < 1.29 is 31.1 Å². The van der Waals surface area contributed by atoms with Crippen LogP contribution in [0.5, 0.6) is 5.88 Å². The predicted octanol–water partition coefficient (Wildman–Crippen LogP) is 1.25. The highest BCUT2D eigenvalue weighted by atomic mass is 32.2. The lowest BCUT2D eigenvalue weighted by molar-refractivity contribution is -0.168. The SMILES string of the molecule is Cc1cncc(OC2CCOC3(C2)CN(S(=O)(=O)C(F)(F)F)C3)n1. The molecule has 1 atom stereocenters. The quantitative estimate of drug-likeness (QED) is 0.800. The minimum Gasteiger partial charge on any atom is -0.473 e. The fourth-order valence-corrected chi connectivity index (χ4v) is 3.99. The van der Waals surface area contributed by atoms with Crippen LogP contribution >= 0.6 is 0 Å². The highest BCUT2D eigenvalue weighted by molar-refractivity contribution is 7.90. The lowest BCUT2D eigenvalue weighted by Crippen LogP contribution is -2.68. The summed E-state index contributed by atoms with van der Waals surface area (Å²) >= 11 is 0. The first-order valence-corrected chi connectivity index (χ1v) is 8.71. The van der Waals surface area contributed by atoms with Gasteiger partial charge in [0.25, 0.3) is 0 Å². The van der Waals surface area contributed by atoms with E-state index < -0.39 is 21.1 Å². The molecule has 7 nitrogen and oxygen atoms in total. The molecular weight excluding hydrogens is 351 g/mol. The Kier molecular flexibility index (Phi) is 4.21. The average molecular weight is 367 g/mol. The van der Waals surface area contributed by atoms with E-state index in [1.807, 2.05) is 0 Å². The van der Waals surface area contributed by atoms with Crippen molar-refractivity contribution in [3.63, 3.8) is 0 Å². The number of aromatic nitrogens is 2. The van der Waals surface area contributed by atoms with Crippen LogP contribution in [0.3, 0.4) is 0 Å². The molecule has 2 saturated heterocycles. The van der Waals surface area contributed by atoms with Crippen LogP contribution in [0.1, 0.15) is 18.5 Å². The monoisotopic (exact) mass is 367 g/mol. The zero-order valence-corrected chi connectivity index (χ0v) is 13.6. The summed E-state index contributed by atoms with van der Waals surface area (Å²) < 4.78 is 72.0. The van der Waals surface area contributed by atoms with E-state index in [-0.39, 0.29) is 25.8 Å². The van der Waals surface area contributed by atoms with E-state index in [9.17, 15) is 21.6 Å². The lowest BCUT2D eigenvalue weighted by atomic mass is 9.86. The van der Waals surface area contributed by atoms with Crippen molar-refractivity contribution in [3.8, 4) is 5.88 Å². The molecule has 0 radical (unpaired) electrons. The Morgan fingerprint density at radius 3 is 2.71 bits per heavy atom. The molecule has 0 aliphatic carbocycles. The van der Waals surface area contributed by atoms with Crippen LogP contribution in [0.4, 0.5) is 13.2 Å². The minimum absolute atomic E-state index is 0.282. The molecule has 2 aliphatic heterocycles.